The predicted octanol–water partition coefficient (Wildman–Crippen LogP) is 1.25. The van der Waals surface area contributed by atoms with Crippen LogP contribution in [0.25, 0.3) is 5.69 Å². The number of nitrogens with one attached hydrogen (secondary N) is 1. The van der Waals surface area contributed by atoms with Crippen LogP contribution in [-0.4, -0.2) is 19.5 Å². The molecule has 110 valence electrons. The summed E-state index contributed by atoms with van der Waals surface area (Å²) in [6, 6.07) is 6.76. The van der Waals surface area contributed by atoms with E-state index in [2.05, 4.69) is 15.0 Å². The lowest BCUT2D eigenvalue weighted by atomic mass is 10.3. The van der Waals surface area contributed by atoms with Gasteiger partial charge < -0.3 is 4.74 Å². The molecule has 0 aliphatic carbocycles. The van der Waals surface area contributed by atoms with Crippen molar-refractivity contribution in [2.45, 2.75) is 0 Å². The van der Waals surface area contributed by atoms with Crippen molar-refractivity contribution in [2.24, 2.45) is 0 Å². The van der Waals surface area contributed by atoms with E-state index < -0.39 is 17.1 Å². The van der Waals surface area contributed by atoms with Gasteiger partial charge in [0.15, 0.2) is 0 Å². The highest BCUT2D eigenvalue weighted by atomic mass is 19.1. The third-order valence-corrected chi connectivity index (χ3v) is 2.72. The first-order valence-corrected chi connectivity index (χ1v) is 6.20. The molecule has 1 aromatic carbocycles. The minimum Gasteiger partial charge on any atom is -0.424 e. The van der Waals surface area contributed by atoms with Gasteiger partial charge in [-0.1, -0.05) is 6.07 Å². The lowest BCUT2D eigenvalue weighted by Gasteiger charge is -2.06. The topological polar surface area (TPSA) is 89.9 Å². The SMILES string of the molecule is O=c1ccn(-c2cnc(Oc3cccc(F)c3)nc2)c(=O)[nH]1. The first kappa shape index (κ1) is 13.7. The first-order chi connectivity index (χ1) is 10.6. The summed E-state index contributed by atoms with van der Waals surface area (Å²) in [5, 5.41) is 0. The van der Waals surface area contributed by atoms with E-state index in [-0.39, 0.29) is 11.8 Å². The van der Waals surface area contributed by atoms with Crippen molar-refractivity contribution in [3.63, 3.8) is 0 Å². The van der Waals surface area contributed by atoms with E-state index in [1.165, 1.54) is 47.4 Å². The van der Waals surface area contributed by atoms with Gasteiger partial charge in [-0.25, -0.2) is 19.2 Å². The summed E-state index contributed by atoms with van der Waals surface area (Å²) in [7, 11) is 0. The zero-order chi connectivity index (χ0) is 15.5. The van der Waals surface area contributed by atoms with E-state index in [1.54, 1.807) is 6.07 Å². The fourth-order valence-electron chi connectivity index (χ4n) is 1.74. The Morgan fingerprint density at radius 3 is 2.59 bits per heavy atom. The monoisotopic (exact) mass is 300 g/mol. The molecule has 0 bridgehead atoms. The summed E-state index contributed by atoms with van der Waals surface area (Å²) in [6.45, 7) is 0. The molecule has 8 heteroatoms. The molecule has 0 aliphatic rings. The molecule has 0 radical (unpaired) electrons. The van der Waals surface area contributed by atoms with Gasteiger partial charge in [0.25, 0.3) is 5.56 Å². The summed E-state index contributed by atoms with van der Waals surface area (Å²) < 4.78 is 19.5. The predicted molar refractivity (Wildman–Crippen MR) is 74.7 cm³/mol. The van der Waals surface area contributed by atoms with Crippen molar-refractivity contribution in [2.75, 3.05) is 0 Å². The van der Waals surface area contributed by atoms with Crippen molar-refractivity contribution in [1.29, 1.82) is 0 Å². The van der Waals surface area contributed by atoms with Gasteiger partial charge in [-0.15, -0.1) is 0 Å². The second-order valence-electron chi connectivity index (χ2n) is 4.26. The number of aromatic nitrogens is 4. The van der Waals surface area contributed by atoms with Crippen LogP contribution in [0.5, 0.6) is 11.8 Å². The summed E-state index contributed by atoms with van der Waals surface area (Å²) in [5.41, 5.74) is -0.740. The highest BCUT2D eigenvalue weighted by molar-refractivity contribution is 5.28. The van der Waals surface area contributed by atoms with Crippen LogP contribution in [0.4, 0.5) is 4.39 Å². The molecule has 0 spiro atoms. The molecule has 0 saturated heterocycles. The maximum atomic E-state index is 13.0. The highest BCUT2D eigenvalue weighted by Crippen LogP contribution is 2.18. The molecule has 0 amide bonds. The van der Waals surface area contributed by atoms with Crippen LogP contribution in [0, 0.1) is 5.82 Å². The van der Waals surface area contributed by atoms with Crippen molar-refractivity contribution >= 4 is 0 Å². The zero-order valence-corrected chi connectivity index (χ0v) is 11.1. The summed E-state index contributed by atoms with van der Waals surface area (Å²) >= 11 is 0. The van der Waals surface area contributed by atoms with Crippen LogP contribution in [0.2, 0.25) is 0 Å². The summed E-state index contributed by atoms with van der Waals surface area (Å²) in [5.74, 6) is -0.178. The standard InChI is InChI=1S/C14H9FN4O3/c15-9-2-1-3-11(6-9)22-13-16-7-10(8-17-13)19-5-4-12(20)18-14(19)21/h1-8H,(H,18,20,21). The highest BCUT2D eigenvalue weighted by Gasteiger charge is 2.05. The molecular weight excluding hydrogens is 291 g/mol. The fraction of sp³-hybridized carbons (Fsp3) is 0. The number of halogens is 1. The number of hydrogen-bond donors (Lipinski definition) is 1. The van der Waals surface area contributed by atoms with Crippen LogP contribution in [0.3, 0.4) is 0 Å². The number of ether oxygens (including phenoxy) is 1. The molecular formula is C14H9FN4O3. The quantitative estimate of drug-likeness (QED) is 0.786. The van der Waals surface area contributed by atoms with E-state index in [4.69, 9.17) is 4.74 Å². The van der Waals surface area contributed by atoms with Gasteiger partial charge in [0.05, 0.1) is 18.1 Å². The average molecular weight is 300 g/mol. The maximum Gasteiger partial charge on any atom is 0.333 e. The van der Waals surface area contributed by atoms with E-state index >= 15 is 0 Å². The van der Waals surface area contributed by atoms with Gasteiger partial charge in [-0.3, -0.25) is 14.3 Å². The lowest BCUT2D eigenvalue weighted by Crippen LogP contribution is -2.27. The van der Waals surface area contributed by atoms with E-state index in [9.17, 15) is 14.0 Å². The van der Waals surface area contributed by atoms with E-state index in [0.29, 0.717) is 5.69 Å². The van der Waals surface area contributed by atoms with Crippen LogP contribution in [0.15, 0.2) is 58.5 Å². The van der Waals surface area contributed by atoms with Gasteiger partial charge in [-0.2, -0.15) is 0 Å². The third kappa shape index (κ3) is 2.90. The van der Waals surface area contributed by atoms with Crippen molar-refractivity contribution in [3.8, 4) is 17.4 Å². The Hall–Kier alpha value is -3.29. The minimum atomic E-state index is -0.602. The third-order valence-electron chi connectivity index (χ3n) is 2.72. The molecule has 2 heterocycles. The Balaban J connectivity index is 1.86. The van der Waals surface area contributed by atoms with Crippen molar-refractivity contribution < 1.29 is 9.13 Å². The molecule has 2 aromatic heterocycles. The molecule has 0 unspecified atom stereocenters. The molecule has 0 atom stereocenters. The van der Waals surface area contributed by atoms with E-state index in [1.807, 2.05) is 0 Å². The molecule has 22 heavy (non-hydrogen) atoms. The Labute approximate surface area is 122 Å². The molecule has 7 nitrogen and oxygen atoms in total. The Kier molecular flexibility index (Phi) is 3.48. The van der Waals surface area contributed by atoms with Crippen molar-refractivity contribution in [3.05, 3.63) is 75.6 Å². The second-order valence-corrected chi connectivity index (χ2v) is 4.26. The van der Waals surface area contributed by atoms with Gasteiger partial charge in [0.1, 0.15) is 11.6 Å². The average Bonchev–Trinajstić information content (AvgIpc) is 2.48. The zero-order valence-electron chi connectivity index (χ0n) is 11.1. The Morgan fingerprint density at radius 1 is 1.14 bits per heavy atom. The lowest BCUT2D eigenvalue weighted by molar-refractivity contribution is 0.437. The van der Waals surface area contributed by atoms with E-state index in [0.717, 1.165) is 0 Å². The van der Waals surface area contributed by atoms with Crippen molar-refractivity contribution in [1.82, 2.24) is 19.5 Å². The molecule has 0 aliphatic heterocycles. The Bertz CT molecular complexity index is 918. The first-order valence-electron chi connectivity index (χ1n) is 6.20. The molecule has 3 aromatic rings. The molecule has 0 saturated carbocycles. The number of nitrogens with zero attached hydrogens (tertiary/aromatic N) is 3. The number of H-pyrrole nitrogens is 1. The van der Waals surface area contributed by atoms with Gasteiger partial charge in [0.2, 0.25) is 0 Å². The molecule has 1 N–H and O–H groups in total. The number of hydrogen-bond acceptors (Lipinski definition) is 5. The minimum absolute atomic E-state index is 0.00632. The van der Waals surface area contributed by atoms with Crippen LogP contribution < -0.4 is 16.0 Å². The molecule has 3 rings (SSSR count). The maximum absolute atomic E-state index is 13.0. The number of rotatable bonds is 3. The van der Waals surface area contributed by atoms with Gasteiger partial charge in [0, 0.05) is 18.3 Å². The smallest absolute Gasteiger partial charge is 0.333 e. The second kappa shape index (κ2) is 5.60. The number of aromatic amines is 1. The Morgan fingerprint density at radius 2 is 1.91 bits per heavy atom. The largest absolute Gasteiger partial charge is 0.424 e. The van der Waals surface area contributed by atoms with Gasteiger partial charge >= 0.3 is 11.7 Å². The summed E-state index contributed by atoms with van der Waals surface area (Å²) in [4.78, 5) is 32.6. The normalized spacial score (nSPS) is 10.4. The molecule has 0 fully saturated rings. The van der Waals surface area contributed by atoms with Crippen LogP contribution in [0.1, 0.15) is 0 Å². The van der Waals surface area contributed by atoms with Crippen LogP contribution in [-0.2, 0) is 0 Å². The van der Waals surface area contributed by atoms with Gasteiger partial charge in [-0.05, 0) is 12.1 Å². The fourth-order valence-corrected chi connectivity index (χ4v) is 1.74. The summed E-state index contributed by atoms with van der Waals surface area (Å²) in [6.07, 6.45) is 4.01. The number of benzene rings is 1. The van der Waals surface area contributed by atoms with Crippen LogP contribution >= 0.6 is 0 Å².